The van der Waals surface area contributed by atoms with Crippen LogP contribution in [-0.4, -0.2) is 36.8 Å². The molecule has 1 aromatic heterocycles. The highest BCUT2D eigenvalue weighted by Gasteiger charge is 2.12. The third kappa shape index (κ3) is 4.67. The number of methoxy groups -OCH3 is 1. The lowest BCUT2D eigenvalue weighted by molar-refractivity contribution is -0.142. The van der Waals surface area contributed by atoms with Crippen molar-refractivity contribution in [1.29, 1.82) is 5.26 Å². The van der Waals surface area contributed by atoms with Crippen molar-refractivity contribution < 1.29 is 23.8 Å². The maximum absolute atomic E-state index is 11.8. The summed E-state index contributed by atoms with van der Waals surface area (Å²) >= 11 is 0. The molecule has 1 heterocycles. The van der Waals surface area contributed by atoms with E-state index >= 15 is 0 Å². The lowest BCUT2D eigenvalue weighted by atomic mass is 10.1. The van der Waals surface area contributed by atoms with Gasteiger partial charge in [0.05, 0.1) is 24.8 Å². The van der Waals surface area contributed by atoms with Crippen LogP contribution in [0.25, 0.3) is 16.8 Å². The molecule has 0 N–H and O–H groups in total. The van der Waals surface area contributed by atoms with Crippen molar-refractivity contribution in [2.24, 2.45) is 0 Å². The van der Waals surface area contributed by atoms with Crippen molar-refractivity contribution in [3.8, 4) is 28.6 Å². The molecule has 0 unspecified atom stereocenters. The Morgan fingerprint density at radius 2 is 1.87 bits per heavy atom. The highest BCUT2D eigenvalue weighted by Crippen LogP contribution is 2.29. The van der Waals surface area contributed by atoms with Gasteiger partial charge in [-0.05, 0) is 48.9 Å². The number of aromatic nitrogens is 1. The van der Waals surface area contributed by atoms with Gasteiger partial charge in [0.15, 0.2) is 6.61 Å². The molecule has 7 nitrogen and oxygen atoms in total. The third-order valence-corrected chi connectivity index (χ3v) is 4.35. The first-order valence-electron chi connectivity index (χ1n) is 9.25. The molecule has 0 saturated heterocycles. The molecule has 152 valence electrons. The minimum absolute atomic E-state index is 0.196. The van der Waals surface area contributed by atoms with Gasteiger partial charge in [0.2, 0.25) is 0 Å². The molecular formula is C23H20N2O5. The van der Waals surface area contributed by atoms with Crippen molar-refractivity contribution in [2.45, 2.75) is 6.92 Å². The van der Waals surface area contributed by atoms with Gasteiger partial charge in [0.1, 0.15) is 11.8 Å². The molecule has 30 heavy (non-hydrogen) atoms. The van der Waals surface area contributed by atoms with Crippen LogP contribution in [0, 0.1) is 11.3 Å². The highest BCUT2D eigenvalue weighted by molar-refractivity contribution is 5.89. The predicted molar refractivity (Wildman–Crippen MR) is 109 cm³/mol. The summed E-state index contributed by atoms with van der Waals surface area (Å²) in [5.41, 5.74) is 3.23. The standard InChI is InChI=1S/C23H20N2O5/c1-3-29-23(27)16-7-9-19(10-8-16)25-13-18(12-24)21(14-25)17-5-4-6-20(11-17)30-15-22(26)28-2/h4-11,13-14H,3,15H2,1-2H3. The van der Waals surface area contributed by atoms with Crippen LogP contribution in [0.5, 0.6) is 5.75 Å². The van der Waals surface area contributed by atoms with Gasteiger partial charge >= 0.3 is 11.9 Å². The van der Waals surface area contributed by atoms with Gasteiger partial charge in [-0.1, -0.05) is 12.1 Å². The van der Waals surface area contributed by atoms with Crippen molar-refractivity contribution in [1.82, 2.24) is 4.57 Å². The normalized spacial score (nSPS) is 10.2. The first-order chi connectivity index (χ1) is 14.5. The van der Waals surface area contributed by atoms with Crippen molar-refractivity contribution in [3.63, 3.8) is 0 Å². The Morgan fingerprint density at radius 1 is 1.10 bits per heavy atom. The molecule has 0 aliphatic carbocycles. The number of nitriles is 1. The topological polar surface area (TPSA) is 90.5 Å². The lowest BCUT2D eigenvalue weighted by Gasteiger charge is -2.07. The smallest absolute Gasteiger partial charge is 0.343 e. The zero-order valence-corrected chi connectivity index (χ0v) is 16.6. The number of rotatable bonds is 7. The number of benzene rings is 2. The number of hydrogen-bond donors (Lipinski definition) is 0. The summed E-state index contributed by atoms with van der Waals surface area (Å²) in [7, 11) is 1.29. The third-order valence-electron chi connectivity index (χ3n) is 4.35. The Kier molecular flexibility index (Phi) is 6.50. The summed E-state index contributed by atoms with van der Waals surface area (Å²) in [6.07, 6.45) is 3.55. The molecule has 0 spiro atoms. The molecule has 7 heteroatoms. The van der Waals surface area contributed by atoms with Crippen molar-refractivity contribution in [3.05, 3.63) is 72.1 Å². The van der Waals surface area contributed by atoms with E-state index in [4.69, 9.17) is 9.47 Å². The monoisotopic (exact) mass is 404 g/mol. The van der Waals surface area contributed by atoms with Gasteiger partial charge in [-0.25, -0.2) is 9.59 Å². The molecule has 0 bridgehead atoms. The quantitative estimate of drug-likeness (QED) is 0.557. The van der Waals surface area contributed by atoms with E-state index in [0.717, 1.165) is 16.8 Å². The van der Waals surface area contributed by atoms with Gasteiger partial charge in [-0.2, -0.15) is 5.26 Å². The SMILES string of the molecule is CCOC(=O)c1ccc(-n2cc(C#N)c(-c3cccc(OCC(=O)OC)c3)c2)cc1. The molecule has 3 rings (SSSR count). The van der Waals surface area contributed by atoms with E-state index in [1.165, 1.54) is 7.11 Å². The Hall–Kier alpha value is -4.05. The Morgan fingerprint density at radius 3 is 2.53 bits per heavy atom. The van der Waals surface area contributed by atoms with Crippen molar-refractivity contribution >= 4 is 11.9 Å². The molecule has 2 aromatic carbocycles. The fraction of sp³-hybridized carbons (Fsp3) is 0.174. The minimum atomic E-state index is -0.476. The molecule has 0 aliphatic heterocycles. The summed E-state index contributed by atoms with van der Waals surface area (Å²) < 4.78 is 16.8. The van der Waals surface area contributed by atoms with E-state index in [0.29, 0.717) is 23.5 Å². The molecule has 0 radical (unpaired) electrons. The molecule has 0 fully saturated rings. The number of hydrogen-bond acceptors (Lipinski definition) is 6. The van der Waals surface area contributed by atoms with E-state index in [2.05, 4.69) is 10.8 Å². The zero-order chi connectivity index (χ0) is 21.5. The van der Waals surface area contributed by atoms with Crippen LogP contribution in [0.3, 0.4) is 0 Å². The second-order valence-corrected chi connectivity index (χ2v) is 6.26. The Labute approximate surface area is 174 Å². The first-order valence-corrected chi connectivity index (χ1v) is 9.25. The highest BCUT2D eigenvalue weighted by atomic mass is 16.6. The predicted octanol–water partition coefficient (Wildman–Crippen LogP) is 3.74. The second kappa shape index (κ2) is 9.43. The second-order valence-electron chi connectivity index (χ2n) is 6.26. The Bertz CT molecular complexity index is 1090. The van der Waals surface area contributed by atoms with Crippen molar-refractivity contribution in [2.75, 3.05) is 20.3 Å². The van der Waals surface area contributed by atoms with Gasteiger partial charge < -0.3 is 18.8 Å². The average Bonchev–Trinajstić information content (AvgIpc) is 3.22. The van der Waals surface area contributed by atoms with Gasteiger partial charge in [-0.3, -0.25) is 0 Å². The van der Waals surface area contributed by atoms with Gasteiger partial charge in [-0.15, -0.1) is 0 Å². The first kappa shape index (κ1) is 20.7. The number of ether oxygens (including phenoxy) is 3. The maximum atomic E-state index is 11.8. The van der Waals surface area contributed by atoms with E-state index in [1.54, 1.807) is 55.6 Å². The molecule has 0 amide bonds. The zero-order valence-electron chi connectivity index (χ0n) is 16.6. The molecule has 0 aliphatic rings. The molecule has 3 aromatic rings. The summed E-state index contributed by atoms with van der Waals surface area (Å²) in [4.78, 5) is 23.1. The summed E-state index contributed by atoms with van der Waals surface area (Å²) in [5, 5.41) is 9.58. The van der Waals surface area contributed by atoms with Crippen LogP contribution < -0.4 is 4.74 Å². The fourth-order valence-corrected chi connectivity index (χ4v) is 2.86. The van der Waals surface area contributed by atoms with Gasteiger partial charge in [0.25, 0.3) is 0 Å². The number of nitrogens with zero attached hydrogens (tertiary/aromatic N) is 2. The van der Waals surface area contributed by atoms with Crippen LogP contribution in [0.1, 0.15) is 22.8 Å². The number of carbonyl (C=O) groups excluding carboxylic acids is 2. The van der Waals surface area contributed by atoms with E-state index < -0.39 is 5.97 Å². The van der Waals surface area contributed by atoms with Crippen LogP contribution in [0.2, 0.25) is 0 Å². The molecule has 0 atom stereocenters. The van der Waals surface area contributed by atoms with Crippen LogP contribution >= 0.6 is 0 Å². The number of esters is 2. The van der Waals surface area contributed by atoms with Crippen LogP contribution in [0.15, 0.2) is 60.9 Å². The lowest BCUT2D eigenvalue weighted by Crippen LogP contribution is -2.12. The maximum Gasteiger partial charge on any atom is 0.343 e. The Balaban J connectivity index is 1.87. The fourth-order valence-electron chi connectivity index (χ4n) is 2.86. The summed E-state index contributed by atoms with van der Waals surface area (Å²) in [5.74, 6) is -0.359. The van der Waals surface area contributed by atoms with Gasteiger partial charge in [0, 0.05) is 23.6 Å². The van der Waals surface area contributed by atoms with Crippen LogP contribution in [-0.2, 0) is 14.3 Å². The summed E-state index contributed by atoms with van der Waals surface area (Å²) in [6.45, 7) is 1.88. The molecule has 0 saturated carbocycles. The minimum Gasteiger partial charge on any atom is -0.482 e. The van der Waals surface area contributed by atoms with Crippen LogP contribution in [0.4, 0.5) is 0 Å². The molecular weight excluding hydrogens is 384 g/mol. The summed E-state index contributed by atoms with van der Waals surface area (Å²) in [6, 6.07) is 16.3. The van der Waals surface area contributed by atoms with E-state index in [-0.39, 0.29) is 12.6 Å². The van der Waals surface area contributed by atoms with E-state index in [1.807, 2.05) is 16.8 Å². The number of carbonyl (C=O) groups is 2. The largest absolute Gasteiger partial charge is 0.482 e. The van der Waals surface area contributed by atoms with E-state index in [9.17, 15) is 14.9 Å². The average molecular weight is 404 g/mol.